The third-order valence-electron chi connectivity index (χ3n) is 1.88. The Labute approximate surface area is 76.6 Å². The van der Waals surface area contributed by atoms with Crippen molar-refractivity contribution in [3.8, 4) is 0 Å². The largest absolute Gasteiger partial charge is 0.325 e. The van der Waals surface area contributed by atoms with Crippen molar-refractivity contribution in [2.24, 2.45) is 5.73 Å². The lowest BCUT2D eigenvalue weighted by Gasteiger charge is -2.13. The fraction of sp³-hybridized carbons (Fsp3) is 0.400. The Morgan fingerprint density at radius 2 is 1.77 bits per heavy atom. The van der Waals surface area contributed by atoms with Crippen LogP contribution in [0, 0.1) is 6.92 Å². The van der Waals surface area contributed by atoms with Gasteiger partial charge >= 0.3 is 0 Å². The van der Waals surface area contributed by atoms with Crippen molar-refractivity contribution >= 4 is 0 Å². The van der Waals surface area contributed by atoms with Crippen LogP contribution < -0.4 is 5.73 Å². The summed E-state index contributed by atoms with van der Waals surface area (Å²) in [7, 11) is 0. The molecule has 0 saturated heterocycles. The van der Waals surface area contributed by atoms with E-state index in [-0.39, 0.29) is 6.42 Å². The van der Waals surface area contributed by atoms with E-state index in [4.69, 9.17) is 5.73 Å². The van der Waals surface area contributed by atoms with Crippen LogP contribution in [0.5, 0.6) is 0 Å². The van der Waals surface area contributed by atoms with Crippen LogP contribution in [0.4, 0.5) is 8.78 Å². The Morgan fingerprint density at radius 1 is 1.23 bits per heavy atom. The summed E-state index contributed by atoms with van der Waals surface area (Å²) in [5.41, 5.74) is 6.63. The van der Waals surface area contributed by atoms with Crippen LogP contribution in [0.2, 0.25) is 0 Å². The van der Waals surface area contributed by atoms with E-state index in [9.17, 15) is 8.78 Å². The second-order valence-electron chi connectivity index (χ2n) is 3.22. The highest BCUT2D eigenvalue weighted by Crippen LogP contribution is 2.18. The predicted molar refractivity (Wildman–Crippen MR) is 48.9 cm³/mol. The van der Waals surface area contributed by atoms with Crippen LogP contribution in [0.15, 0.2) is 24.3 Å². The van der Waals surface area contributed by atoms with Gasteiger partial charge in [0.2, 0.25) is 0 Å². The number of halogens is 2. The molecule has 0 spiro atoms. The molecule has 72 valence electrons. The fourth-order valence-electron chi connectivity index (χ4n) is 1.08. The summed E-state index contributed by atoms with van der Waals surface area (Å²) in [6, 6.07) is 7.06. The number of hydrogen-bond donors (Lipinski definition) is 1. The number of aryl methyl sites for hydroxylation is 1. The van der Waals surface area contributed by atoms with Gasteiger partial charge in [0, 0.05) is 6.42 Å². The minimum absolute atomic E-state index is 0.274. The molecule has 0 aromatic heterocycles. The van der Waals surface area contributed by atoms with E-state index < -0.39 is 12.5 Å². The maximum absolute atomic E-state index is 12.8. The maximum atomic E-state index is 12.8. The molecule has 13 heavy (non-hydrogen) atoms. The molecule has 0 aliphatic heterocycles. The first kappa shape index (κ1) is 10.1. The smallest absolute Gasteiger partial charge is 0.264 e. The molecule has 0 atom stereocenters. The molecule has 0 bridgehead atoms. The molecule has 2 N–H and O–H groups in total. The summed E-state index contributed by atoms with van der Waals surface area (Å²) in [4.78, 5) is 0. The minimum Gasteiger partial charge on any atom is -0.325 e. The normalized spacial score (nSPS) is 11.7. The van der Waals surface area contributed by atoms with Crippen molar-refractivity contribution in [3.63, 3.8) is 0 Å². The van der Waals surface area contributed by atoms with Crippen LogP contribution >= 0.6 is 0 Å². The summed E-state index contributed by atoms with van der Waals surface area (Å²) >= 11 is 0. The monoisotopic (exact) mass is 185 g/mol. The highest BCUT2D eigenvalue weighted by atomic mass is 19.3. The van der Waals surface area contributed by atoms with Gasteiger partial charge < -0.3 is 5.73 Å². The summed E-state index contributed by atoms with van der Waals surface area (Å²) in [6.45, 7) is 1.33. The molecule has 0 heterocycles. The predicted octanol–water partition coefficient (Wildman–Crippen LogP) is 2.13. The topological polar surface area (TPSA) is 26.0 Å². The standard InChI is InChI=1S/C10H13F2N/c1-8-2-4-9(5-3-8)6-10(11,12)7-13/h2-5H,6-7,13H2,1H3. The third-order valence-corrected chi connectivity index (χ3v) is 1.88. The minimum atomic E-state index is -2.78. The zero-order chi connectivity index (χ0) is 9.90. The van der Waals surface area contributed by atoms with E-state index in [1.165, 1.54) is 0 Å². The maximum Gasteiger partial charge on any atom is 0.264 e. The fourth-order valence-corrected chi connectivity index (χ4v) is 1.08. The summed E-state index contributed by atoms with van der Waals surface area (Å²) in [5.74, 6) is -2.78. The summed E-state index contributed by atoms with van der Waals surface area (Å²) < 4.78 is 25.6. The molecular weight excluding hydrogens is 172 g/mol. The van der Waals surface area contributed by atoms with Gasteiger partial charge in [-0.15, -0.1) is 0 Å². The zero-order valence-corrected chi connectivity index (χ0v) is 7.56. The van der Waals surface area contributed by atoms with Crippen LogP contribution in [-0.2, 0) is 6.42 Å². The van der Waals surface area contributed by atoms with Gasteiger partial charge in [-0.05, 0) is 12.5 Å². The van der Waals surface area contributed by atoms with Crippen molar-refractivity contribution < 1.29 is 8.78 Å². The molecule has 0 unspecified atom stereocenters. The average molecular weight is 185 g/mol. The van der Waals surface area contributed by atoms with Gasteiger partial charge in [-0.3, -0.25) is 0 Å². The van der Waals surface area contributed by atoms with Gasteiger partial charge in [-0.2, -0.15) is 0 Å². The Hall–Kier alpha value is -0.960. The van der Waals surface area contributed by atoms with E-state index in [1.54, 1.807) is 12.1 Å². The summed E-state index contributed by atoms with van der Waals surface area (Å²) in [5, 5.41) is 0. The lowest BCUT2D eigenvalue weighted by Crippen LogP contribution is -2.30. The van der Waals surface area contributed by atoms with Gasteiger partial charge in [0.15, 0.2) is 0 Å². The molecule has 0 radical (unpaired) electrons. The molecule has 1 aromatic rings. The first-order valence-corrected chi connectivity index (χ1v) is 4.17. The van der Waals surface area contributed by atoms with Crippen molar-refractivity contribution in [2.75, 3.05) is 6.54 Å². The number of nitrogens with two attached hydrogens (primary N) is 1. The first-order valence-electron chi connectivity index (χ1n) is 4.17. The average Bonchev–Trinajstić information content (AvgIpc) is 2.09. The van der Waals surface area contributed by atoms with Crippen molar-refractivity contribution in [2.45, 2.75) is 19.3 Å². The zero-order valence-electron chi connectivity index (χ0n) is 7.56. The second-order valence-corrected chi connectivity index (χ2v) is 3.22. The Balaban J connectivity index is 2.69. The molecule has 0 aliphatic carbocycles. The molecule has 1 aromatic carbocycles. The van der Waals surface area contributed by atoms with Crippen LogP contribution in [0.25, 0.3) is 0 Å². The molecular formula is C10H13F2N. The lowest BCUT2D eigenvalue weighted by molar-refractivity contribution is 0.0115. The second kappa shape index (κ2) is 3.83. The summed E-state index contributed by atoms with van der Waals surface area (Å²) in [6.07, 6.45) is -0.274. The van der Waals surface area contributed by atoms with Crippen LogP contribution in [-0.4, -0.2) is 12.5 Å². The Morgan fingerprint density at radius 3 is 2.23 bits per heavy atom. The third kappa shape index (κ3) is 3.11. The van der Waals surface area contributed by atoms with Gasteiger partial charge in [0.05, 0.1) is 6.54 Å². The van der Waals surface area contributed by atoms with E-state index in [0.29, 0.717) is 5.56 Å². The Kier molecular flexibility index (Phi) is 2.98. The molecule has 0 fully saturated rings. The van der Waals surface area contributed by atoms with E-state index in [0.717, 1.165) is 5.56 Å². The quantitative estimate of drug-likeness (QED) is 0.767. The number of alkyl halides is 2. The highest BCUT2D eigenvalue weighted by molar-refractivity contribution is 5.22. The van der Waals surface area contributed by atoms with Crippen molar-refractivity contribution in [1.82, 2.24) is 0 Å². The number of hydrogen-bond acceptors (Lipinski definition) is 1. The highest BCUT2D eigenvalue weighted by Gasteiger charge is 2.26. The molecule has 0 amide bonds. The van der Waals surface area contributed by atoms with E-state index in [2.05, 4.69) is 0 Å². The van der Waals surface area contributed by atoms with Crippen LogP contribution in [0.3, 0.4) is 0 Å². The van der Waals surface area contributed by atoms with Crippen molar-refractivity contribution in [1.29, 1.82) is 0 Å². The Bertz CT molecular complexity index is 267. The molecule has 0 aliphatic rings. The molecule has 0 saturated carbocycles. The molecule has 1 nitrogen and oxygen atoms in total. The van der Waals surface area contributed by atoms with Gasteiger partial charge in [-0.25, -0.2) is 8.78 Å². The number of benzene rings is 1. The van der Waals surface area contributed by atoms with Gasteiger partial charge in [0.25, 0.3) is 5.92 Å². The van der Waals surface area contributed by atoms with Crippen molar-refractivity contribution in [3.05, 3.63) is 35.4 Å². The van der Waals surface area contributed by atoms with Crippen LogP contribution in [0.1, 0.15) is 11.1 Å². The van der Waals surface area contributed by atoms with Gasteiger partial charge in [-0.1, -0.05) is 29.8 Å². The van der Waals surface area contributed by atoms with E-state index >= 15 is 0 Å². The van der Waals surface area contributed by atoms with Gasteiger partial charge in [0.1, 0.15) is 0 Å². The molecule has 1 rings (SSSR count). The lowest BCUT2D eigenvalue weighted by atomic mass is 10.1. The number of rotatable bonds is 3. The molecule has 3 heteroatoms. The van der Waals surface area contributed by atoms with E-state index in [1.807, 2.05) is 19.1 Å². The first-order chi connectivity index (χ1) is 6.03. The SMILES string of the molecule is Cc1ccc(CC(F)(F)CN)cc1.